The molecule has 0 spiro atoms. The minimum Gasteiger partial charge on any atom is -0.444 e. The molecule has 8 heteroatoms. The molecule has 25 heavy (non-hydrogen) atoms. The normalized spacial score (nSPS) is 20.3. The number of ether oxygens (including phenoxy) is 1. The summed E-state index contributed by atoms with van der Waals surface area (Å²) in [6.45, 7) is 9.31. The van der Waals surface area contributed by atoms with Gasteiger partial charge in [0.15, 0.2) is 5.96 Å². The number of rotatable bonds is 3. The van der Waals surface area contributed by atoms with Crippen LogP contribution < -0.4 is 5.32 Å². The molecule has 0 bridgehead atoms. The molecule has 2 aliphatic rings. The molecule has 1 amide bonds. The van der Waals surface area contributed by atoms with E-state index in [1.54, 1.807) is 4.90 Å². The van der Waals surface area contributed by atoms with Gasteiger partial charge in [-0.1, -0.05) is 0 Å². The van der Waals surface area contributed by atoms with Crippen molar-refractivity contribution in [2.24, 2.45) is 12.0 Å². The number of hydrogen-bond acceptors (Lipinski definition) is 6. The Hall–Kier alpha value is -2.25. The van der Waals surface area contributed by atoms with Crippen LogP contribution in [0.4, 0.5) is 4.79 Å². The molecule has 1 aromatic heterocycles. The van der Waals surface area contributed by atoms with Crippen molar-refractivity contribution in [2.75, 3.05) is 32.7 Å². The Morgan fingerprint density at radius 1 is 1.40 bits per heavy atom. The van der Waals surface area contributed by atoms with Crippen molar-refractivity contribution in [1.29, 1.82) is 0 Å². The first-order chi connectivity index (χ1) is 11.8. The summed E-state index contributed by atoms with van der Waals surface area (Å²) in [4.78, 5) is 20.9. The van der Waals surface area contributed by atoms with Crippen LogP contribution in [-0.4, -0.2) is 76.0 Å². The molecular weight excluding hydrogens is 320 g/mol. The first kappa shape index (κ1) is 17.6. The molecule has 1 fully saturated rings. The van der Waals surface area contributed by atoms with Crippen molar-refractivity contribution in [3.05, 3.63) is 18.0 Å². The topological polar surface area (TPSA) is 75.0 Å². The van der Waals surface area contributed by atoms with E-state index in [-0.39, 0.29) is 12.1 Å². The maximum Gasteiger partial charge on any atom is 0.410 e. The van der Waals surface area contributed by atoms with Gasteiger partial charge < -0.3 is 19.9 Å². The van der Waals surface area contributed by atoms with Crippen LogP contribution >= 0.6 is 0 Å². The monoisotopic (exact) mass is 348 g/mol. The Bertz CT molecular complexity index is 648. The molecular formula is C17H28N6O2. The number of carbonyl (C=O) groups excluding carboxylic acids is 1. The largest absolute Gasteiger partial charge is 0.444 e. The van der Waals surface area contributed by atoms with Crippen molar-refractivity contribution in [3.63, 3.8) is 0 Å². The highest BCUT2D eigenvalue weighted by molar-refractivity contribution is 5.82. The van der Waals surface area contributed by atoms with Gasteiger partial charge in [0.2, 0.25) is 0 Å². The average Bonchev–Trinajstić information content (AvgIpc) is 3.12. The Kier molecular flexibility index (Phi) is 4.87. The Labute approximate surface area is 148 Å². The van der Waals surface area contributed by atoms with Crippen LogP contribution in [0.1, 0.15) is 26.5 Å². The molecule has 0 saturated carbocycles. The highest BCUT2D eigenvalue weighted by atomic mass is 16.6. The maximum atomic E-state index is 12.2. The number of amides is 1. The molecule has 3 rings (SSSR count). The highest BCUT2D eigenvalue weighted by Crippen LogP contribution is 2.18. The number of aryl methyl sites for hydroxylation is 1. The number of nitrogens with zero attached hydrogens (tertiary/aromatic N) is 5. The van der Waals surface area contributed by atoms with E-state index in [9.17, 15) is 4.79 Å². The summed E-state index contributed by atoms with van der Waals surface area (Å²) in [6.07, 6.45) is 2.48. The van der Waals surface area contributed by atoms with Crippen molar-refractivity contribution < 1.29 is 9.53 Å². The first-order valence-corrected chi connectivity index (χ1v) is 8.83. The van der Waals surface area contributed by atoms with Crippen LogP contribution in [0.5, 0.6) is 0 Å². The summed E-state index contributed by atoms with van der Waals surface area (Å²) >= 11 is 0. The number of aliphatic imine (C=N–C) groups is 1. The van der Waals surface area contributed by atoms with Gasteiger partial charge in [-0.3, -0.25) is 9.67 Å². The van der Waals surface area contributed by atoms with Gasteiger partial charge in [0, 0.05) is 51.5 Å². The summed E-state index contributed by atoms with van der Waals surface area (Å²) in [5.74, 6) is 0.941. The standard InChI is InChI=1S/C17H28N6O2/c1-17(2,3)25-16(24)22-9-10-23-14(12-22)11-19-15(23)18-7-5-13-6-8-20-21(13)4/h6,8,14H,5,7,9-12H2,1-4H3,(H,18,19). The summed E-state index contributed by atoms with van der Waals surface area (Å²) in [6, 6.07) is 2.26. The molecule has 1 N–H and O–H groups in total. The van der Waals surface area contributed by atoms with Crippen molar-refractivity contribution in [2.45, 2.75) is 38.8 Å². The van der Waals surface area contributed by atoms with E-state index in [0.717, 1.165) is 25.5 Å². The van der Waals surface area contributed by atoms with E-state index in [1.165, 1.54) is 5.69 Å². The van der Waals surface area contributed by atoms with E-state index in [4.69, 9.17) is 4.74 Å². The lowest BCUT2D eigenvalue weighted by atomic mass is 10.2. The zero-order chi connectivity index (χ0) is 18.0. The smallest absolute Gasteiger partial charge is 0.410 e. The first-order valence-electron chi connectivity index (χ1n) is 8.83. The summed E-state index contributed by atoms with van der Waals surface area (Å²) in [7, 11) is 1.95. The number of nitrogens with one attached hydrogen (secondary N) is 1. The van der Waals surface area contributed by atoms with Crippen LogP contribution in [0.3, 0.4) is 0 Å². The third-order valence-electron chi connectivity index (χ3n) is 4.44. The van der Waals surface area contributed by atoms with Crippen molar-refractivity contribution >= 4 is 12.1 Å². The summed E-state index contributed by atoms with van der Waals surface area (Å²) in [5.41, 5.74) is 0.733. The van der Waals surface area contributed by atoms with E-state index >= 15 is 0 Å². The SMILES string of the molecule is Cn1nccc1CCNC1=NCC2CN(C(=O)OC(C)(C)C)CCN12. The fourth-order valence-electron chi connectivity index (χ4n) is 3.17. The molecule has 1 aromatic rings. The summed E-state index contributed by atoms with van der Waals surface area (Å²) < 4.78 is 7.37. The van der Waals surface area contributed by atoms with Gasteiger partial charge in [0.1, 0.15) is 5.60 Å². The van der Waals surface area contributed by atoms with Gasteiger partial charge in [-0.15, -0.1) is 0 Å². The number of aromatic nitrogens is 2. The highest BCUT2D eigenvalue weighted by Gasteiger charge is 2.36. The molecule has 2 aliphatic heterocycles. The zero-order valence-electron chi connectivity index (χ0n) is 15.5. The van der Waals surface area contributed by atoms with Gasteiger partial charge in [-0.25, -0.2) is 4.79 Å². The molecule has 8 nitrogen and oxygen atoms in total. The quantitative estimate of drug-likeness (QED) is 0.876. The number of hydrogen-bond donors (Lipinski definition) is 1. The molecule has 1 unspecified atom stereocenters. The second-order valence-electron chi connectivity index (χ2n) is 7.56. The predicted molar refractivity (Wildman–Crippen MR) is 95.5 cm³/mol. The second kappa shape index (κ2) is 6.93. The number of fused-ring (bicyclic) bond motifs is 1. The second-order valence-corrected chi connectivity index (χ2v) is 7.56. The van der Waals surface area contributed by atoms with Crippen LogP contribution in [0.15, 0.2) is 17.3 Å². The Morgan fingerprint density at radius 3 is 2.88 bits per heavy atom. The minimum absolute atomic E-state index is 0.232. The third kappa shape index (κ3) is 4.24. The van der Waals surface area contributed by atoms with Crippen molar-refractivity contribution in [3.8, 4) is 0 Å². The zero-order valence-corrected chi connectivity index (χ0v) is 15.5. The number of carbonyl (C=O) groups is 1. The van der Waals surface area contributed by atoms with Gasteiger partial charge in [-0.05, 0) is 26.8 Å². The van der Waals surface area contributed by atoms with Gasteiger partial charge in [0.25, 0.3) is 0 Å². The fraction of sp³-hybridized carbons (Fsp3) is 0.706. The van der Waals surface area contributed by atoms with Gasteiger partial charge >= 0.3 is 6.09 Å². The van der Waals surface area contributed by atoms with Crippen LogP contribution in [0, 0.1) is 0 Å². The number of piperazine rings is 1. The van der Waals surface area contributed by atoms with E-state index < -0.39 is 5.60 Å². The predicted octanol–water partition coefficient (Wildman–Crippen LogP) is 0.843. The van der Waals surface area contributed by atoms with Gasteiger partial charge in [0.05, 0.1) is 12.6 Å². The van der Waals surface area contributed by atoms with E-state index in [2.05, 4.69) is 20.3 Å². The van der Waals surface area contributed by atoms with Crippen LogP contribution in [0.2, 0.25) is 0 Å². The molecule has 0 aliphatic carbocycles. The fourth-order valence-corrected chi connectivity index (χ4v) is 3.17. The molecule has 138 valence electrons. The number of guanidine groups is 1. The lowest BCUT2D eigenvalue weighted by Crippen LogP contribution is -2.57. The third-order valence-corrected chi connectivity index (χ3v) is 4.44. The van der Waals surface area contributed by atoms with Crippen molar-refractivity contribution in [1.82, 2.24) is 24.9 Å². The van der Waals surface area contributed by atoms with Crippen LogP contribution in [0.25, 0.3) is 0 Å². The average molecular weight is 348 g/mol. The minimum atomic E-state index is -0.459. The Balaban J connectivity index is 1.47. The molecule has 0 radical (unpaired) electrons. The maximum absolute atomic E-state index is 12.2. The van der Waals surface area contributed by atoms with Gasteiger partial charge in [-0.2, -0.15) is 5.10 Å². The van der Waals surface area contributed by atoms with Crippen LogP contribution in [-0.2, 0) is 18.2 Å². The van der Waals surface area contributed by atoms with E-state index in [1.807, 2.05) is 44.8 Å². The summed E-state index contributed by atoms with van der Waals surface area (Å²) in [5, 5.41) is 7.61. The molecule has 1 atom stereocenters. The lowest BCUT2D eigenvalue weighted by molar-refractivity contribution is 0.0137. The molecule has 3 heterocycles. The Morgan fingerprint density at radius 2 is 2.20 bits per heavy atom. The lowest BCUT2D eigenvalue weighted by Gasteiger charge is -2.39. The molecule has 1 saturated heterocycles. The molecule has 0 aromatic carbocycles. The van der Waals surface area contributed by atoms with E-state index in [0.29, 0.717) is 19.6 Å².